The summed E-state index contributed by atoms with van der Waals surface area (Å²) >= 11 is 0. The molecule has 1 rings (SSSR count). The Morgan fingerprint density at radius 2 is 2.05 bits per heavy atom. The molecule has 0 aliphatic rings. The van der Waals surface area contributed by atoms with Crippen molar-refractivity contribution in [3.05, 3.63) is 18.5 Å². The minimum Gasteiger partial charge on any atom is -0.384 e. The van der Waals surface area contributed by atoms with E-state index in [2.05, 4.69) is 28.9 Å². The van der Waals surface area contributed by atoms with Crippen molar-refractivity contribution < 1.29 is 8.42 Å². The lowest BCUT2D eigenvalue weighted by Gasteiger charge is -2.11. The van der Waals surface area contributed by atoms with Gasteiger partial charge in [-0.25, -0.2) is 13.1 Å². The van der Waals surface area contributed by atoms with Crippen molar-refractivity contribution >= 4 is 15.7 Å². The zero-order valence-electron chi connectivity index (χ0n) is 12.5. The van der Waals surface area contributed by atoms with Crippen LogP contribution in [0.2, 0.25) is 0 Å². The van der Waals surface area contributed by atoms with E-state index >= 15 is 0 Å². The lowest BCUT2D eigenvalue weighted by molar-refractivity contribution is 0.530. The third-order valence-electron chi connectivity index (χ3n) is 2.94. The average Bonchev–Trinajstić information content (AvgIpc) is 2.38. The summed E-state index contributed by atoms with van der Waals surface area (Å²) in [6, 6.07) is 1.68. The molecule has 0 aromatic carbocycles. The van der Waals surface area contributed by atoms with Gasteiger partial charge in [0.15, 0.2) is 0 Å². The molecule has 0 amide bonds. The van der Waals surface area contributed by atoms with Gasteiger partial charge in [0.05, 0.1) is 5.69 Å². The van der Waals surface area contributed by atoms with Crippen LogP contribution < -0.4 is 10.0 Å². The van der Waals surface area contributed by atoms with Crippen molar-refractivity contribution in [1.82, 2.24) is 9.71 Å². The van der Waals surface area contributed by atoms with Gasteiger partial charge in [0, 0.05) is 25.5 Å². The molecule has 0 spiro atoms. The first-order valence-electron chi connectivity index (χ1n) is 7.15. The van der Waals surface area contributed by atoms with Crippen LogP contribution in [-0.2, 0) is 10.0 Å². The second-order valence-corrected chi connectivity index (χ2v) is 6.92. The number of hydrogen-bond donors (Lipinski definition) is 2. The van der Waals surface area contributed by atoms with Gasteiger partial charge in [-0.3, -0.25) is 4.98 Å². The summed E-state index contributed by atoms with van der Waals surface area (Å²) in [5.74, 6) is 0.658. The molecule has 0 saturated heterocycles. The predicted octanol–water partition coefficient (Wildman–Crippen LogP) is 2.62. The highest BCUT2D eigenvalue weighted by Gasteiger charge is 2.17. The molecular formula is C14H25N3O2S. The largest absolute Gasteiger partial charge is 0.384 e. The molecule has 2 N–H and O–H groups in total. The summed E-state index contributed by atoms with van der Waals surface area (Å²) < 4.78 is 27.1. The van der Waals surface area contributed by atoms with Gasteiger partial charge in [0.25, 0.3) is 0 Å². The molecule has 0 atom stereocenters. The second-order valence-electron chi connectivity index (χ2n) is 5.19. The van der Waals surface area contributed by atoms with Crippen molar-refractivity contribution in [2.24, 2.45) is 5.92 Å². The van der Waals surface area contributed by atoms with Gasteiger partial charge in [0.1, 0.15) is 4.90 Å². The van der Waals surface area contributed by atoms with Crippen LogP contribution in [0.25, 0.3) is 0 Å². The smallest absolute Gasteiger partial charge is 0.244 e. The maximum atomic E-state index is 12.2. The van der Waals surface area contributed by atoms with Gasteiger partial charge < -0.3 is 5.32 Å². The molecule has 0 aliphatic carbocycles. The van der Waals surface area contributed by atoms with E-state index in [0.29, 0.717) is 24.7 Å². The van der Waals surface area contributed by atoms with Crippen LogP contribution in [0.3, 0.4) is 0 Å². The monoisotopic (exact) mass is 299 g/mol. The van der Waals surface area contributed by atoms with E-state index < -0.39 is 10.0 Å². The fourth-order valence-electron chi connectivity index (χ4n) is 1.89. The maximum absolute atomic E-state index is 12.2. The normalized spacial score (nSPS) is 11.8. The van der Waals surface area contributed by atoms with Gasteiger partial charge >= 0.3 is 0 Å². The molecule has 114 valence electrons. The fraction of sp³-hybridized carbons (Fsp3) is 0.643. The lowest BCUT2D eigenvalue weighted by Crippen LogP contribution is -2.26. The minimum absolute atomic E-state index is 0.214. The van der Waals surface area contributed by atoms with Crippen LogP contribution in [0, 0.1) is 5.92 Å². The maximum Gasteiger partial charge on any atom is 0.244 e. The van der Waals surface area contributed by atoms with E-state index in [1.54, 1.807) is 12.3 Å². The number of nitrogens with zero attached hydrogens (tertiary/aromatic N) is 1. The number of aromatic nitrogens is 1. The lowest BCUT2D eigenvalue weighted by atomic mass is 10.1. The molecule has 1 aromatic heterocycles. The molecule has 0 fully saturated rings. The number of sulfonamides is 1. The number of rotatable bonds is 9. The first kappa shape index (κ1) is 16.9. The zero-order chi connectivity index (χ0) is 15.0. The standard InChI is InChI=1S/C14H25N3O2S/c1-4-16-13-8-10-15-11-14(13)20(18,19)17-9-6-5-7-12(2)3/h8,10-12,17H,4-7,9H2,1-3H3,(H,15,16). The predicted molar refractivity (Wildman–Crippen MR) is 82.3 cm³/mol. The second kappa shape index (κ2) is 8.21. The Labute approximate surface area is 122 Å². The third-order valence-corrected chi connectivity index (χ3v) is 4.43. The van der Waals surface area contributed by atoms with Crippen LogP contribution in [0.15, 0.2) is 23.4 Å². The molecule has 0 saturated carbocycles. The minimum atomic E-state index is -3.49. The number of anilines is 1. The Bertz CT molecular complexity index is 501. The molecule has 0 aliphatic heterocycles. The summed E-state index contributed by atoms with van der Waals surface area (Å²) in [6.07, 6.45) is 5.98. The number of pyridine rings is 1. The average molecular weight is 299 g/mol. The van der Waals surface area contributed by atoms with E-state index in [4.69, 9.17) is 0 Å². The first-order chi connectivity index (χ1) is 9.47. The molecule has 5 nitrogen and oxygen atoms in total. The van der Waals surface area contributed by atoms with Gasteiger partial charge in [-0.2, -0.15) is 0 Å². The Kier molecular flexibility index (Phi) is 6.95. The number of unbranched alkanes of at least 4 members (excludes halogenated alkanes) is 1. The molecule has 6 heteroatoms. The number of hydrogen-bond acceptors (Lipinski definition) is 4. The van der Waals surface area contributed by atoms with E-state index in [-0.39, 0.29) is 4.90 Å². The van der Waals surface area contributed by atoms with Crippen molar-refractivity contribution in [2.75, 3.05) is 18.4 Å². The molecule has 20 heavy (non-hydrogen) atoms. The van der Waals surface area contributed by atoms with Crippen LogP contribution in [0.5, 0.6) is 0 Å². The summed E-state index contributed by atoms with van der Waals surface area (Å²) in [5, 5.41) is 3.04. The summed E-state index contributed by atoms with van der Waals surface area (Å²) in [7, 11) is -3.49. The zero-order valence-corrected chi connectivity index (χ0v) is 13.3. The van der Waals surface area contributed by atoms with E-state index in [9.17, 15) is 8.42 Å². The highest BCUT2D eigenvalue weighted by molar-refractivity contribution is 7.89. The Hall–Kier alpha value is -1.14. The van der Waals surface area contributed by atoms with Crippen molar-refractivity contribution in [3.63, 3.8) is 0 Å². The highest BCUT2D eigenvalue weighted by Crippen LogP contribution is 2.19. The van der Waals surface area contributed by atoms with E-state index in [1.165, 1.54) is 6.20 Å². The van der Waals surface area contributed by atoms with Crippen molar-refractivity contribution in [1.29, 1.82) is 0 Å². The Morgan fingerprint density at radius 3 is 2.70 bits per heavy atom. The molecular weight excluding hydrogens is 274 g/mol. The Morgan fingerprint density at radius 1 is 1.30 bits per heavy atom. The highest BCUT2D eigenvalue weighted by atomic mass is 32.2. The fourth-order valence-corrected chi connectivity index (χ4v) is 3.09. The number of nitrogens with one attached hydrogen (secondary N) is 2. The summed E-state index contributed by atoms with van der Waals surface area (Å²) in [5.41, 5.74) is 0.595. The van der Waals surface area contributed by atoms with E-state index in [0.717, 1.165) is 19.3 Å². The molecule has 0 bridgehead atoms. The van der Waals surface area contributed by atoms with Crippen molar-refractivity contribution in [3.8, 4) is 0 Å². The van der Waals surface area contributed by atoms with Crippen LogP contribution in [0.4, 0.5) is 5.69 Å². The van der Waals surface area contributed by atoms with Gasteiger partial charge in [0.2, 0.25) is 10.0 Å². The van der Waals surface area contributed by atoms with Crippen LogP contribution in [-0.4, -0.2) is 26.5 Å². The van der Waals surface area contributed by atoms with Crippen LogP contribution >= 0.6 is 0 Å². The van der Waals surface area contributed by atoms with Crippen LogP contribution in [0.1, 0.15) is 40.0 Å². The molecule has 1 heterocycles. The van der Waals surface area contributed by atoms with E-state index in [1.807, 2.05) is 6.92 Å². The molecule has 0 radical (unpaired) electrons. The summed E-state index contributed by atoms with van der Waals surface area (Å²) in [4.78, 5) is 4.12. The summed E-state index contributed by atoms with van der Waals surface area (Å²) in [6.45, 7) is 7.40. The topological polar surface area (TPSA) is 71.1 Å². The SMILES string of the molecule is CCNc1ccncc1S(=O)(=O)NCCCCC(C)C. The van der Waals surface area contributed by atoms with Gasteiger partial charge in [-0.05, 0) is 25.3 Å². The third kappa shape index (κ3) is 5.46. The van der Waals surface area contributed by atoms with Gasteiger partial charge in [-0.15, -0.1) is 0 Å². The molecule has 0 unspecified atom stereocenters. The van der Waals surface area contributed by atoms with Crippen molar-refractivity contribution in [2.45, 2.75) is 44.9 Å². The quantitative estimate of drug-likeness (QED) is 0.688. The first-order valence-corrected chi connectivity index (χ1v) is 8.63. The Balaban J connectivity index is 2.60. The van der Waals surface area contributed by atoms with Gasteiger partial charge in [-0.1, -0.05) is 26.7 Å². The molecule has 1 aromatic rings.